The number of ether oxygens (including phenoxy) is 1. The number of amidine groups is 1. The quantitative estimate of drug-likeness (QED) is 0.348. The fourth-order valence-electron chi connectivity index (χ4n) is 4.86. The lowest BCUT2D eigenvalue weighted by molar-refractivity contribution is 0.259. The highest BCUT2D eigenvalue weighted by Crippen LogP contribution is 2.71. The molecule has 186 valence electrons. The second kappa shape index (κ2) is 8.70. The summed E-state index contributed by atoms with van der Waals surface area (Å²) < 4.78 is 40.4. The first-order chi connectivity index (χ1) is 18.0. The van der Waals surface area contributed by atoms with E-state index in [9.17, 15) is 4.39 Å². The van der Waals surface area contributed by atoms with Crippen molar-refractivity contribution in [3.8, 4) is 18.2 Å². The van der Waals surface area contributed by atoms with Gasteiger partial charge < -0.3 is 20.2 Å². The van der Waals surface area contributed by atoms with E-state index < -0.39 is 22.8 Å². The van der Waals surface area contributed by atoms with Gasteiger partial charge >= 0.3 is 0 Å². The zero-order valence-corrected chi connectivity index (χ0v) is 20.0. The largest absolute Gasteiger partial charge is 0.463 e. The van der Waals surface area contributed by atoms with Crippen molar-refractivity contribution < 1.29 is 17.9 Å². The van der Waals surface area contributed by atoms with Gasteiger partial charge in [0, 0.05) is 23.4 Å². The van der Waals surface area contributed by atoms with Crippen LogP contribution in [0.1, 0.15) is 17.7 Å². The van der Waals surface area contributed by atoms with Crippen LogP contribution in [0.2, 0.25) is 0 Å². The van der Waals surface area contributed by atoms with Crippen LogP contribution in [0.4, 0.5) is 20.3 Å². The van der Waals surface area contributed by atoms with Gasteiger partial charge in [-0.15, -0.1) is 6.42 Å². The summed E-state index contributed by atoms with van der Waals surface area (Å²) in [6, 6.07) is 6.01. The summed E-state index contributed by atoms with van der Waals surface area (Å²) in [5.74, 6) is 2.64. The number of halogens is 2. The van der Waals surface area contributed by atoms with Crippen molar-refractivity contribution in [2.45, 2.75) is 16.7 Å². The first kappa shape index (κ1) is 23.2. The van der Waals surface area contributed by atoms with Crippen LogP contribution in [0.25, 0.3) is 11.0 Å². The Kier molecular flexibility index (Phi) is 5.45. The van der Waals surface area contributed by atoms with E-state index in [4.69, 9.17) is 21.3 Å². The number of aliphatic imine (C=N–C) groups is 1. The smallest absolute Gasteiger partial charge is 0.233 e. The van der Waals surface area contributed by atoms with Gasteiger partial charge in [-0.05, 0) is 30.7 Å². The van der Waals surface area contributed by atoms with Crippen molar-refractivity contribution in [3.05, 3.63) is 66.4 Å². The third-order valence-corrected chi connectivity index (χ3v) is 7.89. The molecule has 0 spiro atoms. The van der Waals surface area contributed by atoms with Gasteiger partial charge in [-0.2, -0.15) is 0 Å². The van der Waals surface area contributed by atoms with Crippen LogP contribution in [0.5, 0.6) is 5.88 Å². The molecular formula is C25H19F2N7O2S. The Morgan fingerprint density at radius 1 is 1.30 bits per heavy atom. The number of alkyl halides is 1. The van der Waals surface area contributed by atoms with Crippen LogP contribution < -0.4 is 15.8 Å². The molecule has 1 aromatic carbocycles. The lowest BCUT2D eigenvalue weighted by atomic mass is 9.84. The molecule has 3 N–H and O–H groups in total. The average molecular weight is 520 g/mol. The lowest BCUT2D eigenvalue weighted by Crippen LogP contribution is -2.39. The second-order valence-electron chi connectivity index (χ2n) is 8.67. The molecule has 9 nitrogen and oxygen atoms in total. The van der Waals surface area contributed by atoms with Crippen LogP contribution >= 0.6 is 11.8 Å². The Bertz CT molecular complexity index is 1580. The summed E-state index contributed by atoms with van der Waals surface area (Å²) in [6.45, 7) is -0.872. The Morgan fingerprint density at radius 3 is 2.97 bits per heavy atom. The number of nitrogens with zero attached hydrogens (tertiary/aromatic N) is 5. The van der Waals surface area contributed by atoms with Crippen LogP contribution in [0, 0.1) is 24.1 Å². The van der Waals surface area contributed by atoms with Gasteiger partial charge in [0.1, 0.15) is 29.3 Å². The molecule has 4 heterocycles. The van der Waals surface area contributed by atoms with Gasteiger partial charge in [-0.3, -0.25) is 0 Å². The van der Waals surface area contributed by atoms with Crippen molar-refractivity contribution in [2.24, 2.45) is 16.6 Å². The maximum atomic E-state index is 15.3. The van der Waals surface area contributed by atoms with Gasteiger partial charge in [0.05, 0.1) is 22.7 Å². The molecule has 2 aliphatic rings. The molecule has 0 amide bonds. The predicted molar refractivity (Wildman–Crippen MR) is 134 cm³/mol. The van der Waals surface area contributed by atoms with Crippen molar-refractivity contribution in [2.75, 3.05) is 18.6 Å². The molecule has 3 aromatic heterocycles. The van der Waals surface area contributed by atoms with Gasteiger partial charge in [0.2, 0.25) is 5.88 Å². The highest BCUT2D eigenvalue weighted by Gasteiger charge is 2.70. The summed E-state index contributed by atoms with van der Waals surface area (Å²) in [7, 11) is 0. The van der Waals surface area contributed by atoms with Crippen molar-refractivity contribution in [1.82, 2.24) is 19.9 Å². The zero-order chi connectivity index (χ0) is 25.6. The highest BCUT2D eigenvalue weighted by molar-refractivity contribution is 8.14. The zero-order valence-electron chi connectivity index (χ0n) is 19.2. The van der Waals surface area contributed by atoms with Crippen LogP contribution in [0.3, 0.4) is 0 Å². The van der Waals surface area contributed by atoms with E-state index in [2.05, 4.69) is 36.2 Å². The Balaban J connectivity index is 1.37. The number of nitrogens with two attached hydrogens (primary N) is 1. The van der Waals surface area contributed by atoms with Gasteiger partial charge in [-0.1, -0.05) is 17.7 Å². The minimum Gasteiger partial charge on any atom is -0.463 e. The van der Waals surface area contributed by atoms with E-state index in [-0.39, 0.29) is 29.1 Å². The van der Waals surface area contributed by atoms with Crippen molar-refractivity contribution >= 4 is 39.5 Å². The van der Waals surface area contributed by atoms with E-state index >= 15 is 4.39 Å². The monoisotopic (exact) mass is 519 g/mol. The molecule has 12 heteroatoms. The molecule has 37 heavy (non-hydrogen) atoms. The summed E-state index contributed by atoms with van der Waals surface area (Å²) in [4.78, 5) is 21.6. The maximum Gasteiger partial charge on any atom is 0.233 e. The summed E-state index contributed by atoms with van der Waals surface area (Å²) in [6.07, 6.45) is 11.6. The van der Waals surface area contributed by atoms with E-state index in [1.807, 2.05) is 0 Å². The molecule has 1 aliphatic carbocycles. The number of hydrogen-bond acceptors (Lipinski definition) is 10. The number of anilines is 2. The normalized spacial score (nSPS) is 24.1. The molecule has 6 rings (SSSR count). The van der Waals surface area contributed by atoms with Crippen LogP contribution in [0.15, 0.2) is 58.7 Å². The van der Waals surface area contributed by atoms with Gasteiger partial charge in [0.15, 0.2) is 24.0 Å². The number of nitrogens with one attached hydrogen (secondary N) is 1. The predicted octanol–water partition coefficient (Wildman–Crippen LogP) is 4.05. The van der Waals surface area contributed by atoms with Crippen molar-refractivity contribution in [1.29, 1.82) is 0 Å². The van der Waals surface area contributed by atoms with E-state index in [1.165, 1.54) is 42.6 Å². The third-order valence-electron chi connectivity index (χ3n) is 6.57. The van der Waals surface area contributed by atoms with Gasteiger partial charge in [-0.25, -0.2) is 33.7 Å². The summed E-state index contributed by atoms with van der Waals surface area (Å²) >= 11 is 1.30. The number of hydrogen-bond donors (Lipinski definition) is 2. The number of benzene rings is 1. The van der Waals surface area contributed by atoms with E-state index in [0.717, 1.165) is 0 Å². The van der Waals surface area contributed by atoms with E-state index in [1.54, 1.807) is 18.5 Å². The summed E-state index contributed by atoms with van der Waals surface area (Å²) in [5, 5.41) is 3.31. The highest BCUT2D eigenvalue weighted by atomic mass is 32.2. The topological polar surface area (TPSA) is 124 Å². The van der Waals surface area contributed by atoms with Crippen molar-refractivity contribution in [3.63, 3.8) is 0 Å². The standard InChI is InChI=1S/C25H19F2N7O2S/c1-2-7-35-20-11-31-21-17(33-20)5-6-30-22(21)32-14-3-4-16(27)15(8-14)24(12-26)18-9-25(18,37-23(28)34-24)19-10-29-13-36-19/h1,3-6,8,10-11,13,18H,7,9,12H2,(H2,28,34)(H,30,32)/t18-,24+,25-/m0/s1. The first-order valence-electron chi connectivity index (χ1n) is 11.2. The number of thioether (sulfide) groups is 1. The Hall–Kier alpha value is -4.24. The first-order valence-corrected chi connectivity index (χ1v) is 12.0. The minimum atomic E-state index is -1.51. The number of pyridine rings is 1. The fourth-order valence-corrected chi connectivity index (χ4v) is 6.23. The summed E-state index contributed by atoms with van der Waals surface area (Å²) in [5.41, 5.74) is 6.17. The number of fused-ring (bicyclic) bond motifs is 2. The molecule has 1 fully saturated rings. The number of oxazole rings is 1. The second-order valence-corrected chi connectivity index (χ2v) is 10.0. The molecule has 0 unspecified atom stereocenters. The van der Waals surface area contributed by atoms with Crippen LogP contribution in [-0.4, -0.2) is 38.4 Å². The number of rotatable bonds is 7. The Labute approximate surface area is 214 Å². The Morgan fingerprint density at radius 2 is 2.19 bits per heavy atom. The molecule has 0 radical (unpaired) electrons. The molecule has 1 saturated carbocycles. The van der Waals surface area contributed by atoms with E-state index in [0.29, 0.717) is 34.7 Å². The molecule has 0 bridgehead atoms. The fraction of sp³-hybridized carbons (Fsp3) is 0.240. The number of aromatic nitrogens is 4. The molecule has 1 aliphatic heterocycles. The number of terminal acetylenes is 1. The molecular weight excluding hydrogens is 500 g/mol. The molecule has 0 saturated heterocycles. The molecule has 4 aromatic rings. The average Bonchev–Trinajstić information content (AvgIpc) is 3.38. The van der Waals surface area contributed by atoms with Gasteiger partial charge in [0.25, 0.3) is 0 Å². The molecule has 3 atom stereocenters. The minimum absolute atomic E-state index is 0.0648. The third kappa shape index (κ3) is 3.74. The SMILES string of the molecule is C#CCOc1cnc2c(Nc3ccc(F)c([C@@]4(CF)N=C(N)S[C@@]5(c6cnco6)C[C@@H]45)c3)nccc2n1. The van der Waals surface area contributed by atoms with Crippen LogP contribution in [-0.2, 0) is 10.3 Å². The lowest BCUT2D eigenvalue weighted by Gasteiger charge is -2.34. The maximum absolute atomic E-state index is 15.3.